The monoisotopic (exact) mass is 295 g/mol. The zero-order valence-corrected chi connectivity index (χ0v) is 15.0. The van der Waals surface area contributed by atoms with E-state index in [4.69, 9.17) is 0 Å². The summed E-state index contributed by atoms with van der Waals surface area (Å²) >= 11 is 1.73. The fourth-order valence-corrected chi connectivity index (χ4v) is 2.79. The summed E-state index contributed by atoms with van der Waals surface area (Å²) in [7, 11) is 0. The molecule has 2 heteroatoms. The molecule has 0 aliphatic carbocycles. The average Bonchev–Trinajstić information content (AvgIpc) is 2.49. The molecule has 1 nitrogen and oxygen atoms in total. The van der Waals surface area contributed by atoms with Crippen LogP contribution in [0.15, 0.2) is 35.8 Å². The minimum atomic E-state index is 0.569. The fraction of sp³-hybridized carbons (Fsp3) is 0.667. The smallest absolute Gasteiger partial charge is 0.0228 e. The van der Waals surface area contributed by atoms with Gasteiger partial charge in [0.05, 0.1) is 0 Å². The highest BCUT2D eigenvalue weighted by Gasteiger charge is 2.27. The van der Waals surface area contributed by atoms with E-state index in [0.717, 1.165) is 6.54 Å². The molecule has 116 valence electrons. The van der Waals surface area contributed by atoms with Gasteiger partial charge in [0.1, 0.15) is 0 Å². The summed E-state index contributed by atoms with van der Waals surface area (Å²) in [6.07, 6.45) is 10.1. The van der Waals surface area contributed by atoms with Gasteiger partial charge in [0, 0.05) is 11.4 Å². The Kier molecular flexibility index (Phi) is 10.0. The molecule has 0 atom stereocenters. The molecular weight excluding hydrogens is 262 g/mol. The van der Waals surface area contributed by atoms with Gasteiger partial charge in [-0.05, 0) is 49.3 Å². The highest BCUT2D eigenvalue weighted by atomic mass is 32.2. The predicted molar refractivity (Wildman–Crippen MR) is 96.4 cm³/mol. The molecule has 0 spiro atoms. The highest BCUT2D eigenvalue weighted by molar-refractivity contribution is 8.02. The summed E-state index contributed by atoms with van der Waals surface area (Å²) in [6.45, 7) is 20.1. The number of likely N-dealkylation sites (tertiary alicyclic amines) is 1. The number of allylic oxidation sites excluding steroid dienone is 1. The van der Waals surface area contributed by atoms with Gasteiger partial charge in [-0.15, -0.1) is 11.8 Å². The van der Waals surface area contributed by atoms with Gasteiger partial charge in [-0.1, -0.05) is 53.3 Å². The van der Waals surface area contributed by atoms with Crippen molar-refractivity contribution in [3.05, 3.63) is 35.8 Å². The van der Waals surface area contributed by atoms with E-state index in [1.165, 1.54) is 42.8 Å². The molecule has 1 heterocycles. The normalized spacial score (nSPS) is 18.9. The third kappa shape index (κ3) is 6.81. The van der Waals surface area contributed by atoms with E-state index >= 15 is 0 Å². The number of hydrogen-bond acceptors (Lipinski definition) is 2. The number of hydrogen-bond donors (Lipinski definition) is 0. The molecule has 1 aliphatic rings. The summed E-state index contributed by atoms with van der Waals surface area (Å²) in [5.41, 5.74) is 1.76. The van der Waals surface area contributed by atoms with Gasteiger partial charge in [-0.2, -0.15) is 0 Å². The SMILES string of the molecule is C=C/C(=C\C(=C)CN1CCC(C)(CC)CC1)SC.CC. The lowest BCUT2D eigenvalue weighted by Crippen LogP contribution is -2.39. The Morgan fingerprint density at radius 3 is 2.25 bits per heavy atom. The Hall–Kier alpha value is -0.470. The molecule has 0 radical (unpaired) electrons. The lowest BCUT2D eigenvalue weighted by Gasteiger charge is -2.39. The molecule has 1 fully saturated rings. The van der Waals surface area contributed by atoms with E-state index in [9.17, 15) is 0 Å². The number of nitrogens with zero attached hydrogens (tertiary/aromatic N) is 1. The van der Waals surface area contributed by atoms with Crippen LogP contribution >= 0.6 is 11.8 Å². The fourth-order valence-electron chi connectivity index (χ4n) is 2.34. The first-order chi connectivity index (χ1) is 9.53. The summed E-state index contributed by atoms with van der Waals surface area (Å²) < 4.78 is 0. The third-order valence-electron chi connectivity index (χ3n) is 4.13. The zero-order chi connectivity index (χ0) is 15.6. The van der Waals surface area contributed by atoms with Crippen LogP contribution in [0.1, 0.15) is 47.0 Å². The van der Waals surface area contributed by atoms with Crippen molar-refractivity contribution in [2.45, 2.75) is 47.0 Å². The molecule has 0 aromatic rings. The molecular formula is C18H33NS. The van der Waals surface area contributed by atoms with Crippen molar-refractivity contribution in [1.29, 1.82) is 0 Å². The summed E-state index contributed by atoms with van der Waals surface area (Å²) in [5.74, 6) is 0. The minimum absolute atomic E-state index is 0.569. The second-order valence-corrected chi connectivity index (χ2v) is 6.43. The van der Waals surface area contributed by atoms with E-state index in [2.05, 4.69) is 44.2 Å². The maximum absolute atomic E-state index is 4.16. The van der Waals surface area contributed by atoms with E-state index in [1.54, 1.807) is 11.8 Å². The van der Waals surface area contributed by atoms with Crippen LogP contribution in [0.25, 0.3) is 0 Å². The molecule has 0 aromatic heterocycles. The lowest BCUT2D eigenvalue weighted by molar-refractivity contribution is 0.123. The van der Waals surface area contributed by atoms with Gasteiger partial charge in [-0.25, -0.2) is 0 Å². The van der Waals surface area contributed by atoms with Crippen molar-refractivity contribution in [2.24, 2.45) is 5.41 Å². The van der Waals surface area contributed by atoms with Crippen LogP contribution < -0.4 is 0 Å². The third-order valence-corrected chi connectivity index (χ3v) is 4.88. The molecule has 0 saturated carbocycles. The quantitative estimate of drug-likeness (QED) is 0.594. The molecule has 0 bridgehead atoms. The van der Waals surface area contributed by atoms with Crippen LogP contribution in [0.5, 0.6) is 0 Å². The zero-order valence-electron chi connectivity index (χ0n) is 14.2. The first-order valence-electron chi connectivity index (χ1n) is 7.81. The topological polar surface area (TPSA) is 3.24 Å². The van der Waals surface area contributed by atoms with Gasteiger partial charge in [0.2, 0.25) is 0 Å². The number of piperidine rings is 1. The summed E-state index contributed by atoms with van der Waals surface area (Å²) in [5, 5.41) is 0. The lowest BCUT2D eigenvalue weighted by atomic mass is 9.78. The van der Waals surface area contributed by atoms with Crippen LogP contribution in [0.4, 0.5) is 0 Å². The van der Waals surface area contributed by atoms with Crippen LogP contribution in [0.3, 0.4) is 0 Å². The van der Waals surface area contributed by atoms with E-state index in [1.807, 2.05) is 19.9 Å². The molecule has 1 aliphatic heterocycles. The van der Waals surface area contributed by atoms with Crippen molar-refractivity contribution in [3.8, 4) is 0 Å². The molecule has 20 heavy (non-hydrogen) atoms. The Balaban J connectivity index is 0.00000172. The van der Waals surface area contributed by atoms with Crippen LogP contribution in [0, 0.1) is 5.41 Å². The predicted octanol–water partition coefficient (Wildman–Crippen LogP) is 5.51. The van der Waals surface area contributed by atoms with Crippen molar-refractivity contribution < 1.29 is 0 Å². The Morgan fingerprint density at radius 1 is 1.30 bits per heavy atom. The minimum Gasteiger partial charge on any atom is -0.299 e. The van der Waals surface area contributed by atoms with Crippen LogP contribution in [-0.4, -0.2) is 30.8 Å². The molecule has 1 rings (SSSR count). The van der Waals surface area contributed by atoms with Gasteiger partial charge in [0.15, 0.2) is 0 Å². The Bertz CT molecular complexity index is 322. The van der Waals surface area contributed by atoms with E-state index < -0.39 is 0 Å². The molecule has 0 unspecified atom stereocenters. The summed E-state index contributed by atoms with van der Waals surface area (Å²) in [6, 6.07) is 0. The Labute approximate surface area is 131 Å². The van der Waals surface area contributed by atoms with Crippen molar-refractivity contribution >= 4 is 11.8 Å². The molecule has 1 saturated heterocycles. The van der Waals surface area contributed by atoms with E-state index in [-0.39, 0.29) is 0 Å². The first-order valence-corrected chi connectivity index (χ1v) is 9.03. The highest BCUT2D eigenvalue weighted by Crippen LogP contribution is 2.34. The number of thioether (sulfide) groups is 1. The molecule has 0 N–H and O–H groups in total. The van der Waals surface area contributed by atoms with Gasteiger partial charge >= 0.3 is 0 Å². The second kappa shape index (κ2) is 10.3. The second-order valence-electron chi connectivity index (χ2n) is 5.55. The van der Waals surface area contributed by atoms with Crippen molar-refractivity contribution in [3.63, 3.8) is 0 Å². The van der Waals surface area contributed by atoms with Crippen LogP contribution in [0.2, 0.25) is 0 Å². The van der Waals surface area contributed by atoms with Gasteiger partial charge < -0.3 is 0 Å². The number of rotatable bonds is 6. The average molecular weight is 296 g/mol. The maximum Gasteiger partial charge on any atom is 0.0228 e. The maximum atomic E-state index is 4.16. The van der Waals surface area contributed by atoms with Crippen molar-refractivity contribution in [2.75, 3.05) is 25.9 Å². The van der Waals surface area contributed by atoms with Gasteiger partial charge in [0.25, 0.3) is 0 Å². The Morgan fingerprint density at radius 2 is 1.85 bits per heavy atom. The largest absolute Gasteiger partial charge is 0.299 e. The molecule has 0 amide bonds. The van der Waals surface area contributed by atoms with Crippen LogP contribution in [-0.2, 0) is 0 Å². The van der Waals surface area contributed by atoms with E-state index in [0.29, 0.717) is 5.41 Å². The standard InChI is InChI=1S/C16H27NS.C2H6/c1-6-15(18-5)12-14(3)13-17-10-8-16(4,7-2)9-11-17;1-2/h6,12H,1,3,7-11,13H2,2,4-5H3;1-2H3/b15-12+;. The van der Waals surface area contributed by atoms with Gasteiger partial charge in [-0.3, -0.25) is 4.90 Å². The summed E-state index contributed by atoms with van der Waals surface area (Å²) in [4.78, 5) is 3.73. The van der Waals surface area contributed by atoms with Crippen molar-refractivity contribution in [1.82, 2.24) is 4.90 Å². The first kappa shape index (κ1) is 19.5. The molecule has 0 aromatic carbocycles.